The Labute approximate surface area is 90.8 Å². The zero-order valence-corrected chi connectivity index (χ0v) is 9.94. The number of nitrogens with one attached hydrogen (secondary N) is 1. The van der Waals surface area contributed by atoms with E-state index in [2.05, 4.69) is 24.3 Å². The summed E-state index contributed by atoms with van der Waals surface area (Å²) in [6.07, 6.45) is 8.38. The van der Waals surface area contributed by atoms with E-state index in [1.54, 1.807) is 11.3 Å². The minimum Gasteiger partial charge on any atom is -0.317 e. The molecule has 80 valence electrons. The Balaban J connectivity index is 2.24. The highest BCUT2D eigenvalue weighted by atomic mass is 32.1. The molecule has 1 rings (SSSR count). The van der Waals surface area contributed by atoms with Crippen molar-refractivity contribution in [3.63, 3.8) is 0 Å². The van der Waals surface area contributed by atoms with E-state index in [0.29, 0.717) is 6.04 Å². The van der Waals surface area contributed by atoms with Crippen molar-refractivity contribution >= 4 is 11.3 Å². The summed E-state index contributed by atoms with van der Waals surface area (Å²) >= 11 is 1.75. The summed E-state index contributed by atoms with van der Waals surface area (Å²) in [5, 5.41) is 3.38. The van der Waals surface area contributed by atoms with Crippen LogP contribution in [0, 0.1) is 0 Å². The fourth-order valence-electron chi connectivity index (χ4n) is 1.57. The van der Waals surface area contributed by atoms with Crippen LogP contribution >= 0.6 is 11.3 Å². The zero-order valence-electron chi connectivity index (χ0n) is 9.12. The molecule has 0 amide bonds. The fourth-order valence-corrected chi connectivity index (χ4v) is 2.25. The molecule has 1 aromatic heterocycles. The fraction of sp³-hybridized carbons (Fsp3) is 0.727. The Morgan fingerprint density at radius 2 is 2.36 bits per heavy atom. The molecule has 1 N–H and O–H groups in total. The van der Waals surface area contributed by atoms with Gasteiger partial charge in [0, 0.05) is 17.1 Å². The van der Waals surface area contributed by atoms with Crippen molar-refractivity contribution in [3.05, 3.63) is 16.6 Å². The van der Waals surface area contributed by atoms with Gasteiger partial charge in [0.25, 0.3) is 0 Å². The molecular weight excluding hydrogens is 192 g/mol. The van der Waals surface area contributed by atoms with Gasteiger partial charge in [0.2, 0.25) is 0 Å². The molecule has 1 heterocycles. The summed E-state index contributed by atoms with van der Waals surface area (Å²) in [4.78, 5) is 5.49. The molecule has 1 unspecified atom stereocenters. The molecule has 1 aromatic rings. The van der Waals surface area contributed by atoms with Crippen molar-refractivity contribution in [2.75, 3.05) is 7.05 Å². The van der Waals surface area contributed by atoms with Crippen LogP contribution in [-0.2, 0) is 6.42 Å². The number of unbranched alkanes of at least 4 members (excludes halogenated alkanes) is 2. The number of aromatic nitrogens is 1. The van der Waals surface area contributed by atoms with E-state index in [1.807, 2.05) is 11.7 Å². The average molecular weight is 212 g/mol. The van der Waals surface area contributed by atoms with Crippen LogP contribution in [0.15, 0.2) is 11.7 Å². The number of likely N-dealkylation sites (N-methyl/N-ethyl adjacent to an activating group) is 1. The van der Waals surface area contributed by atoms with Crippen molar-refractivity contribution in [1.29, 1.82) is 0 Å². The predicted molar refractivity (Wildman–Crippen MR) is 62.8 cm³/mol. The lowest BCUT2D eigenvalue weighted by molar-refractivity contribution is 0.492. The average Bonchev–Trinajstić information content (AvgIpc) is 2.69. The summed E-state index contributed by atoms with van der Waals surface area (Å²) in [5.74, 6) is 0. The number of hydrogen-bond acceptors (Lipinski definition) is 3. The third kappa shape index (κ3) is 4.20. The van der Waals surface area contributed by atoms with Gasteiger partial charge in [-0.1, -0.05) is 26.2 Å². The Morgan fingerprint density at radius 1 is 1.50 bits per heavy atom. The molecule has 0 aromatic carbocycles. The van der Waals surface area contributed by atoms with Crippen LogP contribution in [0.1, 0.15) is 37.5 Å². The lowest BCUT2D eigenvalue weighted by Crippen LogP contribution is -2.27. The number of nitrogens with zero attached hydrogens (tertiary/aromatic N) is 1. The van der Waals surface area contributed by atoms with E-state index in [4.69, 9.17) is 0 Å². The second-order valence-electron chi connectivity index (χ2n) is 3.65. The minimum absolute atomic E-state index is 0.627. The monoisotopic (exact) mass is 212 g/mol. The number of thiazole rings is 1. The van der Waals surface area contributed by atoms with Crippen LogP contribution in [-0.4, -0.2) is 18.1 Å². The molecule has 0 radical (unpaired) electrons. The standard InChI is InChI=1S/C11H20N2S/c1-3-4-5-6-10(12-2)7-11-8-13-9-14-11/h8-10,12H,3-7H2,1-2H3. The minimum atomic E-state index is 0.627. The Morgan fingerprint density at radius 3 is 2.93 bits per heavy atom. The maximum absolute atomic E-state index is 4.10. The summed E-state index contributed by atoms with van der Waals surface area (Å²) < 4.78 is 0. The van der Waals surface area contributed by atoms with Crippen LogP contribution in [0.4, 0.5) is 0 Å². The highest BCUT2D eigenvalue weighted by molar-refractivity contribution is 7.09. The summed E-state index contributed by atoms with van der Waals surface area (Å²) in [7, 11) is 2.05. The van der Waals surface area contributed by atoms with E-state index in [1.165, 1.54) is 30.6 Å². The number of rotatable bonds is 7. The highest BCUT2D eigenvalue weighted by Crippen LogP contribution is 2.12. The van der Waals surface area contributed by atoms with E-state index in [0.717, 1.165) is 6.42 Å². The van der Waals surface area contributed by atoms with E-state index in [-0.39, 0.29) is 0 Å². The van der Waals surface area contributed by atoms with Gasteiger partial charge >= 0.3 is 0 Å². The molecule has 3 heteroatoms. The maximum Gasteiger partial charge on any atom is 0.0794 e. The van der Waals surface area contributed by atoms with E-state index < -0.39 is 0 Å². The van der Waals surface area contributed by atoms with Gasteiger partial charge in [-0.25, -0.2) is 0 Å². The van der Waals surface area contributed by atoms with Crippen molar-refractivity contribution in [1.82, 2.24) is 10.3 Å². The normalized spacial score (nSPS) is 13.0. The lowest BCUT2D eigenvalue weighted by atomic mass is 10.1. The maximum atomic E-state index is 4.10. The molecule has 0 saturated carbocycles. The molecule has 0 fully saturated rings. The van der Waals surface area contributed by atoms with Gasteiger partial charge in [0.05, 0.1) is 5.51 Å². The van der Waals surface area contributed by atoms with Crippen molar-refractivity contribution < 1.29 is 0 Å². The highest BCUT2D eigenvalue weighted by Gasteiger charge is 2.07. The van der Waals surface area contributed by atoms with Gasteiger partial charge in [-0.3, -0.25) is 4.98 Å². The quantitative estimate of drug-likeness (QED) is 0.703. The van der Waals surface area contributed by atoms with E-state index >= 15 is 0 Å². The van der Waals surface area contributed by atoms with Gasteiger partial charge in [-0.15, -0.1) is 11.3 Å². The molecule has 1 atom stereocenters. The Hall–Kier alpha value is -0.410. The molecular formula is C11H20N2S. The molecule has 0 aliphatic heterocycles. The van der Waals surface area contributed by atoms with Crippen molar-refractivity contribution in [2.45, 2.75) is 45.1 Å². The van der Waals surface area contributed by atoms with Gasteiger partial charge in [0.1, 0.15) is 0 Å². The first-order valence-electron chi connectivity index (χ1n) is 5.41. The molecule has 0 aliphatic rings. The first-order chi connectivity index (χ1) is 6.86. The predicted octanol–water partition coefficient (Wildman–Crippen LogP) is 2.85. The third-order valence-electron chi connectivity index (χ3n) is 2.50. The van der Waals surface area contributed by atoms with Crippen LogP contribution in [0.5, 0.6) is 0 Å². The Bertz CT molecular complexity index is 221. The zero-order chi connectivity index (χ0) is 10.2. The van der Waals surface area contributed by atoms with Gasteiger partial charge in [0.15, 0.2) is 0 Å². The van der Waals surface area contributed by atoms with Crippen LogP contribution in [0.2, 0.25) is 0 Å². The van der Waals surface area contributed by atoms with E-state index in [9.17, 15) is 0 Å². The summed E-state index contributed by atoms with van der Waals surface area (Å²) in [5.41, 5.74) is 1.91. The lowest BCUT2D eigenvalue weighted by Gasteiger charge is -2.14. The molecule has 0 bridgehead atoms. The Kier molecular flexibility index (Phi) is 5.80. The summed E-state index contributed by atoms with van der Waals surface area (Å²) in [6.45, 7) is 2.25. The second kappa shape index (κ2) is 6.96. The van der Waals surface area contributed by atoms with Crippen LogP contribution in [0.25, 0.3) is 0 Å². The van der Waals surface area contributed by atoms with Gasteiger partial charge in [-0.05, 0) is 19.9 Å². The van der Waals surface area contributed by atoms with Gasteiger partial charge in [-0.2, -0.15) is 0 Å². The van der Waals surface area contributed by atoms with Crippen molar-refractivity contribution in [2.24, 2.45) is 0 Å². The SMILES string of the molecule is CCCCCC(Cc1cncs1)NC. The third-order valence-corrected chi connectivity index (χ3v) is 3.30. The van der Waals surface area contributed by atoms with Gasteiger partial charge < -0.3 is 5.32 Å². The largest absolute Gasteiger partial charge is 0.317 e. The molecule has 0 aliphatic carbocycles. The second-order valence-corrected chi connectivity index (χ2v) is 4.62. The molecule has 2 nitrogen and oxygen atoms in total. The molecule has 0 spiro atoms. The molecule has 0 saturated heterocycles. The first-order valence-corrected chi connectivity index (χ1v) is 6.29. The number of hydrogen-bond donors (Lipinski definition) is 1. The van der Waals surface area contributed by atoms with Crippen LogP contribution < -0.4 is 5.32 Å². The topological polar surface area (TPSA) is 24.9 Å². The first kappa shape index (κ1) is 11.7. The van der Waals surface area contributed by atoms with Crippen molar-refractivity contribution in [3.8, 4) is 0 Å². The smallest absolute Gasteiger partial charge is 0.0794 e. The van der Waals surface area contributed by atoms with Crippen LogP contribution in [0.3, 0.4) is 0 Å². The summed E-state index contributed by atoms with van der Waals surface area (Å²) in [6, 6.07) is 0.627. The molecule has 14 heavy (non-hydrogen) atoms.